The fourth-order valence-electron chi connectivity index (χ4n) is 4.07. The van der Waals surface area contributed by atoms with Gasteiger partial charge in [-0.05, 0) is 61.8 Å². The van der Waals surface area contributed by atoms with E-state index in [-0.39, 0.29) is 17.9 Å². The number of hydrogen-bond acceptors (Lipinski definition) is 4. The number of allylic oxidation sites excluding steroid dienone is 3. The molecule has 0 spiro atoms. The highest BCUT2D eigenvalue weighted by atomic mass is 16.4. The van der Waals surface area contributed by atoms with E-state index in [4.69, 9.17) is 0 Å². The second kappa shape index (κ2) is 10.3. The molecule has 3 heterocycles. The molecule has 3 rings (SSSR count). The van der Waals surface area contributed by atoms with E-state index in [1.807, 2.05) is 0 Å². The molecule has 0 amide bonds. The largest absolute Gasteiger partial charge is 0.481 e. The molecule has 2 aliphatic heterocycles. The van der Waals surface area contributed by atoms with Crippen LogP contribution < -0.4 is 16.2 Å². The van der Waals surface area contributed by atoms with E-state index in [1.54, 1.807) is 12.3 Å². The molecular formula is C22H31N3O3. The Morgan fingerprint density at radius 3 is 2.82 bits per heavy atom. The van der Waals surface area contributed by atoms with E-state index >= 15 is 0 Å². The molecule has 4 N–H and O–H groups in total. The maximum atomic E-state index is 11.2. The Bertz CT molecular complexity index is 761. The number of dihydropyridines is 1. The average molecular weight is 386 g/mol. The minimum atomic E-state index is -0.796. The van der Waals surface area contributed by atoms with E-state index < -0.39 is 5.97 Å². The molecule has 1 saturated heterocycles. The van der Waals surface area contributed by atoms with Crippen LogP contribution in [0.5, 0.6) is 0 Å². The molecule has 152 valence electrons. The van der Waals surface area contributed by atoms with Crippen molar-refractivity contribution >= 4 is 5.97 Å². The fourth-order valence-corrected chi connectivity index (χ4v) is 4.07. The summed E-state index contributed by atoms with van der Waals surface area (Å²) >= 11 is 0. The Morgan fingerprint density at radius 1 is 1.18 bits per heavy atom. The summed E-state index contributed by atoms with van der Waals surface area (Å²) in [5.41, 5.74) is 3.51. The topological polar surface area (TPSA) is 94.2 Å². The van der Waals surface area contributed by atoms with Gasteiger partial charge >= 0.3 is 5.97 Å². The number of rotatable bonds is 10. The second-order valence-corrected chi connectivity index (χ2v) is 7.80. The summed E-state index contributed by atoms with van der Waals surface area (Å²) in [6.07, 6.45) is 15.2. The predicted octanol–water partition coefficient (Wildman–Crippen LogP) is 3.40. The maximum Gasteiger partial charge on any atom is 0.303 e. The van der Waals surface area contributed by atoms with Gasteiger partial charge in [0.15, 0.2) is 0 Å². The molecule has 6 heteroatoms. The first kappa shape index (κ1) is 20.4. The van der Waals surface area contributed by atoms with Gasteiger partial charge in [0.05, 0.1) is 12.6 Å². The van der Waals surface area contributed by atoms with Crippen LogP contribution in [-0.4, -0.2) is 28.8 Å². The van der Waals surface area contributed by atoms with Crippen LogP contribution in [0.4, 0.5) is 0 Å². The van der Waals surface area contributed by atoms with Crippen LogP contribution in [0.15, 0.2) is 46.5 Å². The van der Waals surface area contributed by atoms with Gasteiger partial charge in [0.25, 0.3) is 0 Å². The number of aromatic amines is 1. The Hall–Kier alpha value is -2.34. The minimum absolute atomic E-state index is 0.0435. The van der Waals surface area contributed by atoms with Gasteiger partial charge in [0.2, 0.25) is 5.56 Å². The summed E-state index contributed by atoms with van der Waals surface area (Å²) in [4.78, 5) is 25.0. The number of piperidine rings is 1. The first-order chi connectivity index (χ1) is 13.6. The number of carboxylic acid groups (broad SMARTS) is 1. The Morgan fingerprint density at radius 2 is 2.04 bits per heavy atom. The number of aromatic nitrogens is 1. The Kier molecular flexibility index (Phi) is 7.48. The van der Waals surface area contributed by atoms with Gasteiger partial charge in [-0.25, -0.2) is 0 Å². The third-order valence-electron chi connectivity index (χ3n) is 5.64. The van der Waals surface area contributed by atoms with Gasteiger partial charge in [-0.2, -0.15) is 0 Å². The molecule has 0 radical (unpaired) electrons. The number of hydrogen-bond donors (Lipinski definition) is 4. The van der Waals surface area contributed by atoms with Gasteiger partial charge in [0.1, 0.15) is 0 Å². The predicted molar refractivity (Wildman–Crippen MR) is 110 cm³/mol. The molecule has 2 unspecified atom stereocenters. The molecule has 1 aromatic heterocycles. The lowest BCUT2D eigenvalue weighted by Gasteiger charge is -2.32. The summed E-state index contributed by atoms with van der Waals surface area (Å²) in [7, 11) is 0. The van der Waals surface area contributed by atoms with Crippen LogP contribution in [0.1, 0.15) is 69.3 Å². The van der Waals surface area contributed by atoms with Gasteiger partial charge < -0.3 is 15.4 Å². The van der Waals surface area contributed by atoms with Crippen LogP contribution >= 0.6 is 0 Å². The average Bonchev–Trinajstić information content (AvgIpc) is 2.70. The fraction of sp³-hybridized carbons (Fsp3) is 0.545. The second-order valence-electron chi connectivity index (χ2n) is 7.80. The summed E-state index contributed by atoms with van der Waals surface area (Å²) in [5.74, 6) is -0.840. The summed E-state index contributed by atoms with van der Waals surface area (Å²) in [6, 6.07) is 3.21. The van der Waals surface area contributed by atoms with Crippen molar-refractivity contribution < 1.29 is 9.90 Å². The van der Waals surface area contributed by atoms with Crippen molar-refractivity contribution in [3.05, 3.63) is 57.7 Å². The number of aliphatic carboxylic acids is 1. The number of H-pyrrole nitrogens is 1. The number of nitrogens with one attached hydrogen (secondary N) is 3. The van der Waals surface area contributed by atoms with E-state index in [9.17, 15) is 14.7 Å². The summed E-state index contributed by atoms with van der Waals surface area (Å²) < 4.78 is 0. The molecule has 28 heavy (non-hydrogen) atoms. The summed E-state index contributed by atoms with van der Waals surface area (Å²) in [5, 5.41) is 16.3. The van der Waals surface area contributed by atoms with Crippen LogP contribution in [0, 0.1) is 0 Å². The van der Waals surface area contributed by atoms with E-state index in [1.165, 1.54) is 30.2 Å². The van der Waals surface area contributed by atoms with Gasteiger partial charge in [0, 0.05) is 18.0 Å². The molecule has 2 atom stereocenters. The van der Waals surface area contributed by atoms with E-state index in [0.717, 1.165) is 50.6 Å². The molecule has 0 aliphatic carbocycles. The van der Waals surface area contributed by atoms with Gasteiger partial charge in [-0.3, -0.25) is 14.9 Å². The Balaban J connectivity index is 1.37. The normalized spacial score (nSPS) is 19.8. The van der Waals surface area contributed by atoms with Crippen molar-refractivity contribution in [1.29, 1.82) is 0 Å². The van der Waals surface area contributed by atoms with Crippen molar-refractivity contribution in [3.63, 3.8) is 0 Å². The highest BCUT2D eigenvalue weighted by Crippen LogP contribution is 2.26. The Labute approximate surface area is 166 Å². The zero-order valence-corrected chi connectivity index (χ0v) is 16.4. The molecule has 0 aromatic carbocycles. The number of carbonyl (C=O) groups is 1. The number of pyridine rings is 1. The quantitative estimate of drug-likeness (QED) is 0.463. The standard InChI is InChI=1S/C22H31N3O3/c26-20-12-10-18(15-24-20)17(14-21(27)28)6-3-1-2-4-8-19-11-9-16-7-5-13-23-22(16)25-19/h9-12,15,17,22-23,25H,1-8,13-14H2,(H,24,26)(H,27,28). The van der Waals surface area contributed by atoms with Crippen LogP contribution in [0.3, 0.4) is 0 Å². The van der Waals surface area contributed by atoms with E-state index in [2.05, 4.69) is 27.8 Å². The minimum Gasteiger partial charge on any atom is -0.481 e. The SMILES string of the molecule is O=C(O)CC(CCCCCCC1=CC=C2CCCNC2N1)c1ccc(=O)[nH]c1. The third kappa shape index (κ3) is 6.09. The van der Waals surface area contributed by atoms with Crippen molar-refractivity contribution in [3.8, 4) is 0 Å². The smallest absolute Gasteiger partial charge is 0.303 e. The zero-order valence-electron chi connectivity index (χ0n) is 16.4. The highest BCUT2D eigenvalue weighted by molar-refractivity contribution is 5.68. The monoisotopic (exact) mass is 385 g/mol. The van der Waals surface area contributed by atoms with Crippen LogP contribution in [0.2, 0.25) is 0 Å². The molecule has 0 bridgehead atoms. The third-order valence-corrected chi connectivity index (χ3v) is 5.64. The number of carboxylic acids is 1. The maximum absolute atomic E-state index is 11.2. The van der Waals surface area contributed by atoms with Crippen molar-refractivity contribution in [2.24, 2.45) is 0 Å². The highest BCUT2D eigenvalue weighted by Gasteiger charge is 2.20. The summed E-state index contributed by atoms with van der Waals surface area (Å²) in [6.45, 7) is 1.08. The number of unbranched alkanes of at least 4 members (excludes halogenated alkanes) is 3. The van der Waals surface area contributed by atoms with Gasteiger partial charge in [-0.15, -0.1) is 0 Å². The zero-order chi connectivity index (χ0) is 19.8. The van der Waals surface area contributed by atoms with Crippen molar-refractivity contribution in [1.82, 2.24) is 15.6 Å². The first-order valence-corrected chi connectivity index (χ1v) is 10.4. The lowest BCUT2D eigenvalue weighted by Crippen LogP contribution is -2.47. The molecule has 1 fully saturated rings. The van der Waals surface area contributed by atoms with Crippen molar-refractivity contribution in [2.75, 3.05) is 6.54 Å². The first-order valence-electron chi connectivity index (χ1n) is 10.4. The van der Waals surface area contributed by atoms with Crippen LogP contribution in [0.25, 0.3) is 0 Å². The molecule has 6 nitrogen and oxygen atoms in total. The lowest BCUT2D eigenvalue weighted by molar-refractivity contribution is -0.137. The molecule has 0 saturated carbocycles. The molecular weight excluding hydrogens is 354 g/mol. The lowest BCUT2D eigenvalue weighted by atomic mass is 9.91. The molecule has 1 aromatic rings. The van der Waals surface area contributed by atoms with E-state index in [0.29, 0.717) is 6.17 Å². The number of fused-ring (bicyclic) bond motifs is 1. The van der Waals surface area contributed by atoms with Crippen LogP contribution in [-0.2, 0) is 4.79 Å². The molecule has 2 aliphatic rings. The van der Waals surface area contributed by atoms with Gasteiger partial charge in [-0.1, -0.05) is 31.4 Å². The van der Waals surface area contributed by atoms with Crippen molar-refractivity contribution in [2.45, 2.75) is 69.9 Å².